The Morgan fingerprint density at radius 2 is 2.00 bits per heavy atom. The standard InChI is InChI=1S/C12H17NO/c1-8-5-6-10-9(2)12(13(3)4)14-11(10)7-8/h5-7,9,12H,1-4H3. The number of hydrogen-bond donors (Lipinski definition) is 0. The Labute approximate surface area is 85.5 Å². The quantitative estimate of drug-likeness (QED) is 0.675. The van der Waals surface area contributed by atoms with Gasteiger partial charge in [0, 0.05) is 11.5 Å². The molecule has 2 heteroatoms. The van der Waals surface area contributed by atoms with Crippen LogP contribution in [0.15, 0.2) is 18.2 Å². The average molecular weight is 191 g/mol. The molecule has 0 amide bonds. The zero-order valence-electron chi connectivity index (χ0n) is 9.24. The van der Waals surface area contributed by atoms with Crippen LogP contribution < -0.4 is 4.74 Å². The molecule has 76 valence electrons. The highest BCUT2D eigenvalue weighted by Gasteiger charge is 2.32. The first-order valence-corrected chi connectivity index (χ1v) is 5.03. The Morgan fingerprint density at radius 3 is 2.64 bits per heavy atom. The molecule has 0 fully saturated rings. The van der Waals surface area contributed by atoms with Gasteiger partial charge in [0.15, 0.2) is 6.23 Å². The summed E-state index contributed by atoms with van der Waals surface area (Å²) in [6.07, 6.45) is 0.187. The first-order chi connectivity index (χ1) is 6.59. The number of benzene rings is 1. The predicted octanol–water partition coefficient (Wildman–Crippen LogP) is 2.38. The summed E-state index contributed by atoms with van der Waals surface area (Å²) in [5.74, 6) is 1.51. The molecule has 0 saturated carbocycles. The van der Waals surface area contributed by atoms with Crippen molar-refractivity contribution in [2.75, 3.05) is 14.1 Å². The maximum Gasteiger partial charge on any atom is 0.158 e. The molecule has 0 radical (unpaired) electrons. The van der Waals surface area contributed by atoms with E-state index in [0.29, 0.717) is 5.92 Å². The third-order valence-corrected chi connectivity index (χ3v) is 2.84. The van der Waals surface area contributed by atoms with E-state index in [1.807, 2.05) is 0 Å². The average Bonchev–Trinajstić information content (AvgIpc) is 2.43. The fourth-order valence-electron chi connectivity index (χ4n) is 2.06. The smallest absolute Gasteiger partial charge is 0.158 e. The van der Waals surface area contributed by atoms with E-state index in [1.54, 1.807) is 0 Å². The van der Waals surface area contributed by atoms with Crippen molar-refractivity contribution in [3.8, 4) is 5.75 Å². The van der Waals surface area contributed by atoms with Gasteiger partial charge in [0.1, 0.15) is 5.75 Å². The molecule has 0 bridgehead atoms. The second-order valence-corrected chi connectivity index (χ2v) is 4.30. The summed E-state index contributed by atoms with van der Waals surface area (Å²) in [6, 6.07) is 6.45. The summed E-state index contributed by atoms with van der Waals surface area (Å²) < 4.78 is 5.89. The Balaban J connectivity index is 2.35. The molecule has 0 N–H and O–H groups in total. The first-order valence-electron chi connectivity index (χ1n) is 5.03. The van der Waals surface area contributed by atoms with E-state index in [1.165, 1.54) is 11.1 Å². The van der Waals surface area contributed by atoms with Crippen LogP contribution in [0.2, 0.25) is 0 Å². The third-order valence-electron chi connectivity index (χ3n) is 2.84. The van der Waals surface area contributed by atoms with Gasteiger partial charge in [-0.15, -0.1) is 0 Å². The van der Waals surface area contributed by atoms with Crippen LogP contribution in [0.3, 0.4) is 0 Å². The lowest BCUT2D eigenvalue weighted by molar-refractivity contribution is 0.0683. The van der Waals surface area contributed by atoms with Gasteiger partial charge in [-0.25, -0.2) is 0 Å². The zero-order valence-corrected chi connectivity index (χ0v) is 9.24. The number of hydrogen-bond acceptors (Lipinski definition) is 2. The normalized spacial score (nSPS) is 24.9. The van der Waals surface area contributed by atoms with Gasteiger partial charge < -0.3 is 4.74 Å². The molecule has 2 rings (SSSR count). The van der Waals surface area contributed by atoms with Crippen molar-refractivity contribution in [3.63, 3.8) is 0 Å². The van der Waals surface area contributed by atoms with Crippen LogP contribution in [0, 0.1) is 6.92 Å². The fraction of sp³-hybridized carbons (Fsp3) is 0.500. The lowest BCUT2D eigenvalue weighted by Gasteiger charge is -2.22. The Hall–Kier alpha value is -1.02. The number of fused-ring (bicyclic) bond motifs is 1. The monoisotopic (exact) mass is 191 g/mol. The first kappa shape index (κ1) is 9.53. The number of nitrogens with zero attached hydrogens (tertiary/aromatic N) is 1. The van der Waals surface area contributed by atoms with Gasteiger partial charge in [-0.3, -0.25) is 4.90 Å². The van der Waals surface area contributed by atoms with Crippen molar-refractivity contribution in [1.82, 2.24) is 4.90 Å². The van der Waals surface area contributed by atoms with E-state index in [9.17, 15) is 0 Å². The molecule has 0 saturated heterocycles. The largest absolute Gasteiger partial charge is 0.474 e. The minimum absolute atomic E-state index is 0.187. The second kappa shape index (κ2) is 3.28. The van der Waals surface area contributed by atoms with E-state index in [4.69, 9.17) is 4.74 Å². The topological polar surface area (TPSA) is 12.5 Å². The Kier molecular flexibility index (Phi) is 2.23. The summed E-state index contributed by atoms with van der Waals surface area (Å²) in [7, 11) is 4.11. The molecule has 2 unspecified atom stereocenters. The molecule has 14 heavy (non-hydrogen) atoms. The highest BCUT2D eigenvalue weighted by atomic mass is 16.5. The van der Waals surface area contributed by atoms with Crippen molar-refractivity contribution in [1.29, 1.82) is 0 Å². The molecule has 2 atom stereocenters. The van der Waals surface area contributed by atoms with Crippen LogP contribution >= 0.6 is 0 Å². The molecule has 1 aromatic carbocycles. The van der Waals surface area contributed by atoms with Gasteiger partial charge in [0.2, 0.25) is 0 Å². The van der Waals surface area contributed by atoms with E-state index in [2.05, 4.69) is 51.0 Å². The van der Waals surface area contributed by atoms with Crippen LogP contribution in [0.25, 0.3) is 0 Å². The van der Waals surface area contributed by atoms with Crippen LogP contribution in [0.5, 0.6) is 5.75 Å². The minimum atomic E-state index is 0.187. The van der Waals surface area contributed by atoms with Crippen molar-refractivity contribution in [3.05, 3.63) is 29.3 Å². The summed E-state index contributed by atoms with van der Waals surface area (Å²) >= 11 is 0. The molecule has 0 aromatic heterocycles. The molecule has 1 heterocycles. The van der Waals surface area contributed by atoms with E-state index in [-0.39, 0.29) is 6.23 Å². The van der Waals surface area contributed by atoms with Gasteiger partial charge in [0.25, 0.3) is 0 Å². The fourth-order valence-corrected chi connectivity index (χ4v) is 2.06. The molecule has 1 aliphatic heterocycles. The molecular weight excluding hydrogens is 174 g/mol. The van der Waals surface area contributed by atoms with Gasteiger partial charge >= 0.3 is 0 Å². The number of aryl methyl sites for hydroxylation is 1. The maximum absolute atomic E-state index is 5.89. The highest BCUT2D eigenvalue weighted by Crippen LogP contribution is 2.38. The van der Waals surface area contributed by atoms with Crippen LogP contribution in [-0.4, -0.2) is 25.2 Å². The van der Waals surface area contributed by atoms with Crippen LogP contribution in [0.4, 0.5) is 0 Å². The Bertz CT molecular complexity index is 346. The summed E-state index contributed by atoms with van der Waals surface area (Å²) in [5.41, 5.74) is 2.59. The highest BCUT2D eigenvalue weighted by molar-refractivity contribution is 5.43. The van der Waals surface area contributed by atoms with Gasteiger partial charge in [0.05, 0.1) is 0 Å². The van der Waals surface area contributed by atoms with Crippen molar-refractivity contribution < 1.29 is 4.74 Å². The van der Waals surface area contributed by atoms with Crippen molar-refractivity contribution >= 4 is 0 Å². The predicted molar refractivity (Wildman–Crippen MR) is 57.7 cm³/mol. The Morgan fingerprint density at radius 1 is 1.29 bits per heavy atom. The van der Waals surface area contributed by atoms with Crippen LogP contribution in [0.1, 0.15) is 24.0 Å². The summed E-state index contributed by atoms with van der Waals surface area (Å²) in [5, 5.41) is 0. The molecule has 2 nitrogen and oxygen atoms in total. The molecule has 0 aliphatic carbocycles. The maximum atomic E-state index is 5.89. The lowest BCUT2D eigenvalue weighted by atomic mass is 10.00. The SMILES string of the molecule is Cc1ccc2c(c1)OC(N(C)C)C2C. The van der Waals surface area contributed by atoms with Crippen molar-refractivity contribution in [2.45, 2.75) is 26.0 Å². The van der Waals surface area contributed by atoms with Crippen molar-refractivity contribution in [2.24, 2.45) is 0 Å². The lowest BCUT2D eigenvalue weighted by Crippen LogP contribution is -2.33. The number of ether oxygens (including phenoxy) is 1. The van der Waals surface area contributed by atoms with E-state index >= 15 is 0 Å². The molecular formula is C12H17NO. The number of likely N-dealkylation sites (N-methyl/N-ethyl adjacent to an activating group) is 1. The van der Waals surface area contributed by atoms with E-state index in [0.717, 1.165) is 5.75 Å². The molecule has 1 aliphatic rings. The molecule has 1 aromatic rings. The third kappa shape index (κ3) is 1.40. The van der Waals surface area contributed by atoms with Gasteiger partial charge in [-0.05, 0) is 32.6 Å². The van der Waals surface area contributed by atoms with Gasteiger partial charge in [-0.1, -0.05) is 19.1 Å². The van der Waals surface area contributed by atoms with Gasteiger partial charge in [-0.2, -0.15) is 0 Å². The summed E-state index contributed by atoms with van der Waals surface area (Å²) in [6.45, 7) is 4.31. The van der Waals surface area contributed by atoms with Crippen LogP contribution in [-0.2, 0) is 0 Å². The van der Waals surface area contributed by atoms with E-state index < -0.39 is 0 Å². The molecule has 0 spiro atoms. The minimum Gasteiger partial charge on any atom is -0.474 e. The zero-order chi connectivity index (χ0) is 10.3. The number of rotatable bonds is 1. The second-order valence-electron chi connectivity index (χ2n) is 4.30. The summed E-state index contributed by atoms with van der Waals surface area (Å²) in [4.78, 5) is 2.12.